The minimum atomic E-state index is -1.60. The highest BCUT2D eigenvalue weighted by atomic mass is 35.5. The fraction of sp³-hybridized carbons (Fsp3) is 0.136. The number of hydrogen-bond acceptors (Lipinski definition) is 6. The Kier molecular flexibility index (Phi) is 4.47. The van der Waals surface area contributed by atoms with E-state index in [0.29, 0.717) is 0 Å². The highest BCUT2D eigenvalue weighted by molar-refractivity contribution is 6.44. The number of fused-ring (bicyclic) bond motifs is 2. The number of allylic oxidation sites excluding steroid dienone is 1. The van der Waals surface area contributed by atoms with Crippen LogP contribution >= 0.6 is 23.2 Å². The number of Topliss-reactive ketones (excluding diaryl/α,β-unsaturated/α-hetero) is 1. The van der Waals surface area contributed by atoms with Gasteiger partial charge in [-0.15, -0.1) is 0 Å². The van der Waals surface area contributed by atoms with Crippen LogP contribution in [-0.4, -0.2) is 45.5 Å². The van der Waals surface area contributed by atoms with Gasteiger partial charge >= 0.3 is 5.97 Å². The van der Waals surface area contributed by atoms with Crippen LogP contribution in [0.4, 0.5) is 5.69 Å². The first-order valence-electron chi connectivity index (χ1n) is 9.43. The van der Waals surface area contributed by atoms with E-state index >= 15 is 0 Å². The van der Waals surface area contributed by atoms with E-state index < -0.39 is 47.2 Å². The zero-order valence-electron chi connectivity index (χ0n) is 16.0. The highest BCUT2D eigenvalue weighted by Crippen LogP contribution is 2.45. The lowest BCUT2D eigenvalue weighted by molar-refractivity contribution is -0.141. The maximum absolute atomic E-state index is 13.4. The summed E-state index contributed by atoms with van der Waals surface area (Å²) in [5.74, 6) is -6.75. The van der Waals surface area contributed by atoms with Gasteiger partial charge in [-0.2, -0.15) is 0 Å². The Labute approximate surface area is 190 Å². The Hall–Kier alpha value is -3.49. The zero-order valence-corrected chi connectivity index (χ0v) is 17.5. The summed E-state index contributed by atoms with van der Waals surface area (Å²) in [4.78, 5) is 56.3. The molecule has 2 N–H and O–H groups in total. The summed E-state index contributed by atoms with van der Waals surface area (Å²) in [6, 6.07) is 8.83. The molecule has 3 aliphatic rings. The molecular weight excluding hydrogens is 459 g/mol. The van der Waals surface area contributed by atoms with Crippen LogP contribution in [0.3, 0.4) is 0 Å². The molecule has 10 heteroatoms. The van der Waals surface area contributed by atoms with Crippen molar-refractivity contribution < 1.29 is 29.4 Å². The summed E-state index contributed by atoms with van der Waals surface area (Å²) in [5.41, 5.74) is 0.0117. The number of rotatable bonds is 3. The monoisotopic (exact) mass is 470 g/mol. The van der Waals surface area contributed by atoms with E-state index in [0.717, 1.165) is 4.90 Å². The predicted octanol–water partition coefficient (Wildman–Crippen LogP) is 3.17. The summed E-state index contributed by atoms with van der Waals surface area (Å²) in [7, 11) is 0. The lowest BCUT2D eigenvalue weighted by Gasteiger charge is -2.18. The van der Waals surface area contributed by atoms with E-state index in [2.05, 4.69) is 4.99 Å². The molecule has 2 amide bonds. The molecule has 3 atom stereocenters. The van der Waals surface area contributed by atoms with Crippen LogP contribution in [0.15, 0.2) is 53.0 Å². The normalized spacial score (nSPS) is 24.2. The van der Waals surface area contributed by atoms with Gasteiger partial charge in [0.1, 0.15) is 5.76 Å². The van der Waals surface area contributed by atoms with Gasteiger partial charge in [0.05, 0.1) is 33.8 Å². The maximum Gasteiger partial charge on any atom is 0.329 e. The maximum atomic E-state index is 13.4. The van der Waals surface area contributed by atoms with Crippen LogP contribution < -0.4 is 4.90 Å². The van der Waals surface area contributed by atoms with Crippen molar-refractivity contribution in [3.8, 4) is 0 Å². The number of hydrogen-bond donors (Lipinski definition) is 2. The third-order valence-electron chi connectivity index (χ3n) is 5.81. The Bertz CT molecular complexity index is 1330. The number of carbonyl (C=O) groups excluding carboxylic acids is 3. The number of aliphatic carboxylic acids is 1. The fourth-order valence-corrected chi connectivity index (χ4v) is 4.93. The minimum Gasteiger partial charge on any atom is -0.506 e. The van der Waals surface area contributed by atoms with E-state index in [4.69, 9.17) is 23.2 Å². The molecule has 0 radical (unpaired) electrons. The molecule has 1 aliphatic carbocycles. The largest absolute Gasteiger partial charge is 0.506 e. The van der Waals surface area contributed by atoms with Crippen LogP contribution in [0.1, 0.15) is 15.9 Å². The number of carboxylic acid groups (broad SMARTS) is 1. The van der Waals surface area contributed by atoms with Gasteiger partial charge in [-0.05, 0) is 18.2 Å². The molecule has 32 heavy (non-hydrogen) atoms. The first kappa shape index (κ1) is 20.4. The number of imide groups is 1. The average molecular weight is 471 g/mol. The summed E-state index contributed by atoms with van der Waals surface area (Å²) in [6.07, 6.45) is 0. The quantitative estimate of drug-likeness (QED) is 0.663. The van der Waals surface area contributed by atoms with Gasteiger partial charge < -0.3 is 10.2 Å². The molecule has 2 heterocycles. The Morgan fingerprint density at radius 1 is 1.00 bits per heavy atom. The predicted molar refractivity (Wildman–Crippen MR) is 115 cm³/mol. The highest BCUT2D eigenvalue weighted by Gasteiger charge is 2.61. The van der Waals surface area contributed by atoms with E-state index in [9.17, 15) is 29.4 Å². The van der Waals surface area contributed by atoms with Crippen LogP contribution in [0.5, 0.6) is 0 Å². The van der Waals surface area contributed by atoms with Crippen molar-refractivity contribution in [3.05, 3.63) is 69.2 Å². The van der Waals surface area contributed by atoms with Crippen molar-refractivity contribution >= 4 is 63.9 Å². The summed E-state index contributed by atoms with van der Waals surface area (Å²) < 4.78 is 0. The number of benzene rings is 2. The van der Waals surface area contributed by atoms with E-state index in [1.807, 2.05) is 0 Å². The number of aliphatic imine (C=N–C) groups is 1. The summed E-state index contributed by atoms with van der Waals surface area (Å²) in [6.45, 7) is 0. The molecular formula is C22H12Cl2N2O6. The Morgan fingerprint density at radius 2 is 1.69 bits per heavy atom. The lowest BCUT2D eigenvalue weighted by Crippen LogP contribution is -2.36. The number of aliphatic hydroxyl groups excluding tert-OH is 1. The number of halogens is 2. The minimum absolute atomic E-state index is 0.0240. The summed E-state index contributed by atoms with van der Waals surface area (Å²) >= 11 is 12.1. The number of ketones is 1. The SMILES string of the molecule is O=C1C(C2=N[C@@H](C(=O)O)[C@@H]3C(=O)N(c4ccc(Cl)cc4Cl)C(=O)[C@H]23)=C(O)c2ccccc21. The second-order valence-corrected chi connectivity index (χ2v) is 8.35. The summed E-state index contributed by atoms with van der Waals surface area (Å²) in [5, 5.41) is 20.7. The van der Waals surface area contributed by atoms with Crippen molar-refractivity contribution in [2.45, 2.75) is 6.04 Å². The van der Waals surface area contributed by atoms with Crippen molar-refractivity contribution in [1.29, 1.82) is 0 Å². The smallest absolute Gasteiger partial charge is 0.329 e. The van der Waals surface area contributed by atoms with Crippen molar-refractivity contribution in [2.24, 2.45) is 16.8 Å². The second-order valence-electron chi connectivity index (χ2n) is 7.51. The molecule has 2 aromatic rings. The van der Waals surface area contributed by atoms with Gasteiger partial charge in [0.15, 0.2) is 11.8 Å². The topological polar surface area (TPSA) is 124 Å². The molecule has 1 fully saturated rings. The van der Waals surface area contributed by atoms with Crippen LogP contribution in [-0.2, 0) is 14.4 Å². The molecule has 0 spiro atoms. The Morgan fingerprint density at radius 3 is 2.31 bits per heavy atom. The van der Waals surface area contributed by atoms with Crippen molar-refractivity contribution in [2.75, 3.05) is 4.90 Å². The molecule has 2 aliphatic heterocycles. The number of carboxylic acids is 1. The molecule has 160 valence electrons. The number of anilines is 1. The standard InChI is InChI=1S/C22H12Cl2N2O6/c23-8-5-6-12(11(24)7-8)26-20(29)13-14(21(26)30)17(22(31)32)25-16(13)15-18(27)9-3-1-2-4-10(9)19(15)28/h1-7,13-14,17,27H,(H,31,32)/t13-,14+,17+/m0/s1. The van der Waals surface area contributed by atoms with Gasteiger partial charge in [-0.25, -0.2) is 9.69 Å². The molecule has 0 bridgehead atoms. The number of aliphatic hydroxyl groups is 1. The second kappa shape index (κ2) is 7.01. The van der Waals surface area contributed by atoms with Crippen LogP contribution in [0.2, 0.25) is 10.0 Å². The first-order chi connectivity index (χ1) is 15.2. The van der Waals surface area contributed by atoms with Gasteiger partial charge in [-0.1, -0.05) is 47.5 Å². The van der Waals surface area contributed by atoms with Gasteiger partial charge in [0.25, 0.3) is 0 Å². The van der Waals surface area contributed by atoms with Crippen molar-refractivity contribution in [3.63, 3.8) is 0 Å². The zero-order chi connectivity index (χ0) is 22.9. The van der Waals surface area contributed by atoms with Gasteiger partial charge in [0.2, 0.25) is 11.8 Å². The first-order valence-corrected chi connectivity index (χ1v) is 10.2. The van der Waals surface area contributed by atoms with E-state index in [1.54, 1.807) is 12.1 Å². The molecule has 2 aromatic carbocycles. The van der Waals surface area contributed by atoms with E-state index in [-0.39, 0.29) is 38.1 Å². The molecule has 1 saturated heterocycles. The number of amides is 2. The average Bonchev–Trinajstić information content (AvgIpc) is 3.34. The van der Waals surface area contributed by atoms with Gasteiger partial charge in [0, 0.05) is 16.1 Å². The third-order valence-corrected chi connectivity index (χ3v) is 6.35. The number of nitrogens with zero attached hydrogens (tertiary/aromatic N) is 2. The van der Waals surface area contributed by atoms with Crippen LogP contribution in [0, 0.1) is 11.8 Å². The van der Waals surface area contributed by atoms with Crippen LogP contribution in [0.25, 0.3) is 5.76 Å². The third kappa shape index (κ3) is 2.66. The fourth-order valence-electron chi connectivity index (χ4n) is 4.44. The molecule has 0 unspecified atom stereocenters. The van der Waals surface area contributed by atoms with Crippen molar-refractivity contribution in [1.82, 2.24) is 0 Å². The molecule has 0 saturated carbocycles. The number of carbonyl (C=O) groups is 4. The van der Waals surface area contributed by atoms with Gasteiger partial charge in [-0.3, -0.25) is 19.4 Å². The molecule has 0 aromatic heterocycles. The lowest BCUT2D eigenvalue weighted by atomic mass is 9.85. The molecule has 8 nitrogen and oxygen atoms in total. The molecule has 5 rings (SSSR count). The Balaban J connectivity index is 1.65. The van der Waals surface area contributed by atoms with E-state index in [1.165, 1.54) is 30.3 Å².